The van der Waals surface area contributed by atoms with Crippen molar-refractivity contribution in [2.45, 2.75) is 119 Å². The number of aryl methyl sites for hydroxylation is 1. The highest BCUT2D eigenvalue weighted by atomic mass is 16.6. The summed E-state index contributed by atoms with van der Waals surface area (Å²) in [6.45, 7) is 21.2. The number of esters is 1. The van der Waals surface area contributed by atoms with Gasteiger partial charge in [0, 0.05) is 49.3 Å². The summed E-state index contributed by atoms with van der Waals surface area (Å²) < 4.78 is 20.5. The number of rotatable bonds is 15. The Morgan fingerprint density at radius 3 is 2.16 bits per heavy atom. The first-order valence-corrected chi connectivity index (χ1v) is 24.7. The van der Waals surface area contributed by atoms with E-state index in [0.717, 1.165) is 65.7 Å². The van der Waals surface area contributed by atoms with Crippen LogP contribution in [0.2, 0.25) is 0 Å². The van der Waals surface area contributed by atoms with Gasteiger partial charge in [-0.2, -0.15) is 0 Å². The van der Waals surface area contributed by atoms with Gasteiger partial charge in [0.2, 0.25) is 0 Å². The van der Waals surface area contributed by atoms with Crippen LogP contribution in [0.1, 0.15) is 109 Å². The number of hydrazine groups is 1. The Balaban J connectivity index is 1.32. The minimum Gasteiger partial charge on any atom is -0.467 e. The Bertz CT molecular complexity index is 2950. The summed E-state index contributed by atoms with van der Waals surface area (Å²) in [4.78, 5) is 56.9. The highest BCUT2D eigenvalue weighted by molar-refractivity contribution is 5.95. The van der Waals surface area contributed by atoms with E-state index in [1.807, 2.05) is 67.6 Å². The monoisotopic (exact) mass is 999 g/mol. The van der Waals surface area contributed by atoms with E-state index in [1.165, 1.54) is 7.11 Å². The second-order valence-corrected chi connectivity index (χ2v) is 21.7. The van der Waals surface area contributed by atoms with Crippen LogP contribution < -0.4 is 5.32 Å². The molecule has 0 saturated carbocycles. The molecule has 73 heavy (non-hydrogen) atoms. The first-order chi connectivity index (χ1) is 34.5. The largest absolute Gasteiger partial charge is 0.467 e. The number of fused-ring (bicyclic) bond motifs is 1. The number of amides is 3. The van der Waals surface area contributed by atoms with Gasteiger partial charge in [-0.3, -0.25) is 4.98 Å². The van der Waals surface area contributed by atoms with E-state index in [9.17, 15) is 29.4 Å². The Morgan fingerprint density at radius 1 is 0.836 bits per heavy atom. The van der Waals surface area contributed by atoms with E-state index in [1.54, 1.807) is 24.2 Å². The molecule has 0 aliphatic carbocycles. The molecule has 0 bridgehead atoms. The van der Waals surface area contributed by atoms with Crippen molar-refractivity contribution in [2.24, 2.45) is 22.7 Å². The van der Waals surface area contributed by atoms with Gasteiger partial charge in [-0.05, 0) is 109 Å². The molecule has 17 nitrogen and oxygen atoms in total. The fourth-order valence-electron chi connectivity index (χ4n) is 10.6. The van der Waals surface area contributed by atoms with E-state index in [2.05, 4.69) is 96.5 Å². The minimum absolute atomic E-state index is 0.00893. The lowest BCUT2D eigenvalue weighted by molar-refractivity contribution is -0.144. The molecule has 1 aliphatic heterocycles. The maximum Gasteiger partial charge on any atom is 0.427 e. The molecule has 7 rings (SSSR count). The Labute approximate surface area is 427 Å². The van der Waals surface area contributed by atoms with Gasteiger partial charge in [-0.1, -0.05) is 107 Å². The molecule has 1 fully saturated rings. The Morgan fingerprint density at radius 2 is 1.53 bits per heavy atom. The van der Waals surface area contributed by atoms with E-state index in [0.29, 0.717) is 18.7 Å². The lowest BCUT2D eigenvalue weighted by atomic mass is 9.60. The average Bonchev–Trinajstić information content (AvgIpc) is 3.97. The number of carboxylic acid groups (broad SMARTS) is 2. The van der Waals surface area contributed by atoms with Crippen molar-refractivity contribution in [2.75, 3.05) is 20.8 Å². The van der Waals surface area contributed by atoms with Crippen molar-refractivity contribution in [3.8, 4) is 22.4 Å². The topological polar surface area (TPSA) is 203 Å². The Kier molecular flexibility index (Phi) is 15.7. The van der Waals surface area contributed by atoms with Gasteiger partial charge in [-0.15, -0.1) is 5.10 Å². The third-order valence-corrected chi connectivity index (χ3v) is 14.2. The van der Waals surface area contributed by atoms with Crippen molar-refractivity contribution >= 4 is 35.2 Å². The number of nitrogens with zero attached hydrogens (tertiary/aromatic N) is 7. The summed E-state index contributed by atoms with van der Waals surface area (Å²) in [5.41, 5.74) is 6.71. The van der Waals surface area contributed by atoms with Crippen LogP contribution in [-0.4, -0.2) is 95.8 Å². The zero-order valence-electron chi connectivity index (χ0n) is 44.0. The number of aromatic nitrogens is 5. The molecule has 0 radical (unpaired) electrons. The third-order valence-electron chi connectivity index (χ3n) is 14.2. The van der Waals surface area contributed by atoms with Crippen LogP contribution >= 0.6 is 0 Å². The van der Waals surface area contributed by atoms with Crippen LogP contribution in [0.4, 0.5) is 14.4 Å². The number of carbonyl (C=O) groups excluding carboxylic acids is 2. The zero-order chi connectivity index (χ0) is 53.2. The predicted molar refractivity (Wildman–Crippen MR) is 277 cm³/mol. The van der Waals surface area contributed by atoms with Gasteiger partial charge in [0.1, 0.15) is 24.4 Å². The normalized spacial score (nSPS) is 17.3. The summed E-state index contributed by atoms with van der Waals surface area (Å²) >= 11 is 0. The van der Waals surface area contributed by atoms with Crippen molar-refractivity contribution in [1.82, 2.24) is 39.9 Å². The fraction of sp³-hybridized carbons (Fsp3) is 0.446. The number of methoxy groups -OCH3 is 2. The summed E-state index contributed by atoms with van der Waals surface area (Å²) in [5, 5.41) is 36.2. The summed E-state index contributed by atoms with van der Waals surface area (Å²) in [6, 6.07) is 25.5. The maximum atomic E-state index is 13.2. The highest BCUT2D eigenvalue weighted by Gasteiger charge is 2.55. The molecule has 17 heteroatoms. The molecule has 6 aromatic rings. The second-order valence-electron chi connectivity index (χ2n) is 21.7. The van der Waals surface area contributed by atoms with E-state index in [-0.39, 0.29) is 42.9 Å². The van der Waals surface area contributed by atoms with Crippen molar-refractivity contribution < 1.29 is 43.6 Å². The molecule has 3 aromatic heterocycles. The fourth-order valence-corrected chi connectivity index (χ4v) is 10.6. The average molecular weight is 999 g/mol. The minimum atomic E-state index is -1.39. The molecular formula is C56H70N8O9. The van der Waals surface area contributed by atoms with Gasteiger partial charge in [0.25, 0.3) is 0 Å². The number of hydrogen-bond donors (Lipinski definition) is 3. The molecule has 5 atom stereocenters. The number of ether oxygens (including phenoxy) is 3. The van der Waals surface area contributed by atoms with Gasteiger partial charge in [-0.25, -0.2) is 33.9 Å². The molecule has 3 amide bonds. The Hall–Kier alpha value is -7.27. The number of pyridine rings is 1. The molecular weight excluding hydrogens is 929 g/mol. The van der Waals surface area contributed by atoms with Crippen LogP contribution in [0.25, 0.3) is 33.3 Å². The van der Waals surface area contributed by atoms with Gasteiger partial charge >= 0.3 is 24.2 Å². The van der Waals surface area contributed by atoms with Crippen molar-refractivity contribution in [3.63, 3.8) is 0 Å². The predicted octanol–water partition coefficient (Wildman–Crippen LogP) is 10.9. The maximum absolute atomic E-state index is 13.2. The lowest BCUT2D eigenvalue weighted by Crippen LogP contribution is -2.63. The molecule has 1 saturated heterocycles. The first kappa shape index (κ1) is 53.5. The van der Waals surface area contributed by atoms with Gasteiger partial charge in [0.15, 0.2) is 0 Å². The number of benzene rings is 3. The summed E-state index contributed by atoms with van der Waals surface area (Å²) in [6.07, 6.45) is 0.283. The van der Waals surface area contributed by atoms with Crippen molar-refractivity contribution in [1.29, 1.82) is 0 Å². The molecule has 4 heterocycles. The third kappa shape index (κ3) is 11.4. The molecule has 3 N–H and O–H groups in total. The molecule has 1 aliphatic rings. The first-order valence-electron chi connectivity index (χ1n) is 24.7. The number of hydrogen-bond acceptors (Lipinski definition) is 10. The molecule has 3 aromatic carbocycles. The van der Waals surface area contributed by atoms with Crippen LogP contribution in [0.5, 0.6) is 0 Å². The SMILES string of the molecule is CCn1c(-c2cccnc2[C@H](C)OC)c(CC(C)(C)n2cc(C3C(C(C)(C)C)C(C(C)(C)C)CN(C(=O)O)N3C(=O)O)nn2)c2cc(-c3cccc(CC(NC(=O)OCc4ccccc4)C(=O)OC)c3)ccc21. The van der Waals surface area contributed by atoms with Crippen LogP contribution in [0, 0.1) is 22.7 Å². The molecule has 388 valence electrons. The molecule has 4 unspecified atom stereocenters. The van der Waals surface area contributed by atoms with E-state index in [4.69, 9.17) is 29.5 Å². The summed E-state index contributed by atoms with van der Waals surface area (Å²) in [5.74, 6) is -1.18. The zero-order valence-corrected chi connectivity index (χ0v) is 44.0. The smallest absolute Gasteiger partial charge is 0.427 e. The van der Waals surface area contributed by atoms with Gasteiger partial charge in [0.05, 0.1) is 36.3 Å². The number of nitrogens with one attached hydrogen (secondary N) is 1. The van der Waals surface area contributed by atoms with Crippen molar-refractivity contribution in [3.05, 3.63) is 125 Å². The number of carbonyl (C=O) groups is 4. The quantitative estimate of drug-likeness (QED) is 0.0823. The van der Waals surface area contributed by atoms with Crippen LogP contribution in [0.15, 0.2) is 97.3 Å². The van der Waals surface area contributed by atoms with E-state index >= 15 is 0 Å². The molecule has 0 spiro atoms. The number of alkyl carbamates (subject to hydrolysis) is 1. The second kappa shape index (κ2) is 21.4. The van der Waals surface area contributed by atoms with Crippen LogP contribution in [-0.2, 0) is 50.5 Å². The van der Waals surface area contributed by atoms with E-state index < -0.39 is 47.3 Å². The summed E-state index contributed by atoms with van der Waals surface area (Å²) in [7, 11) is 2.94. The van der Waals surface area contributed by atoms with Gasteiger partial charge < -0.3 is 34.3 Å². The standard InChI is InChI=1S/C56H70N8O9/c1-13-61-45-25-24-38(37-22-17-21-36(27-37)28-43(50(65)72-12)58-51(66)73-33-35-19-15-14-16-20-35)29-40(45)41(48(61)39-23-18-26-57-47(39)34(2)71-11)30-56(9,10)63-32-44(59-60-63)49-46(55(6,7)8)42(54(3,4)5)31-62(52(67)68)64(49)53(69)70/h14-27,29,32,34,42-43,46,49H,13,28,30-31,33H2,1-12H3,(H,58,66)(H,67,68)(H,69,70)/t34-,42?,43?,46?,49?/m0/s1. The van der Waals surface area contributed by atoms with Crippen LogP contribution in [0.3, 0.4) is 0 Å². The highest BCUT2D eigenvalue weighted by Crippen LogP contribution is 2.53. The lowest BCUT2D eigenvalue weighted by Gasteiger charge is -2.55.